The summed E-state index contributed by atoms with van der Waals surface area (Å²) in [4.78, 5) is 11.0. The Kier molecular flexibility index (Phi) is 6.04. The molecule has 0 fully saturated rings. The third-order valence-electron chi connectivity index (χ3n) is 2.30. The van der Waals surface area contributed by atoms with Crippen molar-refractivity contribution in [2.75, 3.05) is 6.61 Å². The van der Waals surface area contributed by atoms with Crippen LogP contribution in [-0.2, 0) is 9.53 Å². The van der Waals surface area contributed by atoms with Gasteiger partial charge in [0.2, 0.25) is 0 Å². The van der Waals surface area contributed by atoms with Crippen molar-refractivity contribution >= 4 is 5.97 Å². The van der Waals surface area contributed by atoms with Crippen LogP contribution < -0.4 is 0 Å². The van der Waals surface area contributed by atoms with Crippen LogP contribution in [0.25, 0.3) is 0 Å². The molecule has 17 heavy (non-hydrogen) atoms. The first-order chi connectivity index (χ1) is 8.24. The highest BCUT2D eigenvalue weighted by atomic mass is 16.5. The number of rotatable bonds is 6. The number of esters is 1. The van der Waals surface area contributed by atoms with Gasteiger partial charge in [0.05, 0.1) is 19.1 Å². The molecular weight excluding hydrogens is 216 g/mol. The quantitative estimate of drug-likeness (QED) is 0.608. The van der Waals surface area contributed by atoms with E-state index in [9.17, 15) is 9.90 Å². The van der Waals surface area contributed by atoms with E-state index in [2.05, 4.69) is 0 Å². The molecule has 1 rings (SSSR count). The second kappa shape index (κ2) is 7.63. The lowest BCUT2D eigenvalue weighted by Crippen LogP contribution is -2.01. The molecule has 0 bridgehead atoms. The zero-order chi connectivity index (χ0) is 12.5. The minimum absolute atomic E-state index is 0.238. The molecule has 0 aliphatic rings. The summed E-state index contributed by atoms with van der Waals surface area (Å²) in [6.07, 6.45) is 3.77. The molecule has 92 valence electrons. The van der Waals surface area contributed by atoms with Crippen molar-refractivity contribution in [1.82, 2.24) is 0 Å². The predicted octanol–water partition coefficient (Wildman–Crippen LogP) is 2.62. The van der Waals surface area contributed by atoms with Crippen LogP contribution in [0.1, 0.15) is 31.4 Å². The van der Waals surface area contributed by atoms with E-state index in [0.29, 0.717) is 13.0 Å². The Morgan fingerprint density at radius 3 is 2.71 bits per heavy atom. The van der Waals surface area contributed by atoms with Crippen molar-refractivity contribution in [2.45, 2.75) is 25.9 Å². The monoisotopic (exact) mass is 234 g/mol. The minimum atomic E-state index is -0.519. The van der Waals surface area contributed by atoms with Crippen LogP contribution in [0, 0.1) is 0 Å². The van der Waals surface area contributed by atoms with Crippen LogP contribution in [0.5, 0.6) is 0 Å². The van der Waals surface area contributed by atoms with Gasteiger partial charge in [0.15, 0.2) is 0 Å². The van der Waals surface area contributed by atoms with Gasteiger partial charge in [0, 0.05) is 0 Å². The van der Waals surface area contributed by atoms with E-state index in [1.54, 1.807) is 19.1 Å². The zero-order valence-electron chi connectivity index (χ0n) is 10.0. The molecule has 0 amide bonds. The molecule has 3 nitrogen and oxygen atoms in total. The Hall–Kier alpha value is -1.61. The largest absolute Gasteiger partial charge is 0.466 e. The van der Waals surface area contributed by atoms with E-state index in [4.69, 9.17) is 4.74 Å². The maximum absolute atomic E-state index is 11.0. The standard InChI is InChI=1S/C14H18O3/c1-2-17-14(16)11-7-6-10-13(15)12-8-4-3-5-9-12/h3-9,13,15H,2,10-11H2,1H3/t13-/m1/s1. The summed E-state index contributed by atoms with van der Waals surface area (Å²) in [6.45, 7) is 2.18. The van der Waals surface area contributed by atoms with Gasteiger partial charge in [-0.1, -0.05) is 42.5 Å². The number of carbonyl (C=O) groups excluding carboxylic acids is 1. The van der Waals surface area contributed by atoms with Gasteiger partial charge >= 0.3 is 5.97 Å². The maximum Gasteiger partial charge on any atom is 0.309 e. The first-order valence-electron chi connectivity index (χ1n) is 5.77. The topological polar surface area (TPSA) is 46.5 Å². The second-order valence-electron chi connectivity index (χ2n) is 3.64. The van der Waals surface area contributed by atoms with Crippen LogP contribution in [0.15, 0.2) is 42.5 Å². The van der Waals surface area contributed by atoms with Gasteiger partial charge < -0.3 is 9.84 Å². The van der Waals surface area contributed by atoms with E-state index < -0.39 is 6.10 Å². The number of aliphatic hydroxyl groups excluding tert-OH is 1. The zero-order valence-corrected chi connectivity index (χ0v) is 10.0. The Labute approximate surface area is 102 Å². The molecule has 1 aromatic rings. The average molecular weight is 234 g/mol. The lowest BCUT2D eigenvalue weighted by molar-refractivity contribution is -0.142. The van der Waals surface area contributed by atoms with Gasteiger partial charge in [0.1, 0.15) is 0 Å². The fraction of sp³-hybridized carbons (Fsp3) is 0.357. The van der Waals surface area contributed by atoms with Gasteiger partial charge in [-0.2, -0.15) is 0 Å². The minimum Gasteiger partial charge on any atom is -0.466 e. The Morgan fingerprint density at radius 1 is 1.35 bits per heavy atom. The fourth-order valence-electron chi connectivity index (χ4n) is 1.44. The molecule has 0 heterocycles. The molecule has 0 aromatic heterocycles. The average Bonchev–Trinajstić information content (AvgIpc) is 2.36. The molecule has 0 aliphatic heterocycles. The third kappa shape index (κ3) is 5.31. The third-order valence-corrected chi connectivity index (χ3v) is 2.30. The lowest BCUT2D eigenvalue weighted by Gasteiger charge is -2.07. The normalized spacial score (nSPS) is 12.6. The number of benzene rings is 1. The number of carbonyl (C=O) groups is 1. The molecule has 1 aromatic carbocycles. The molecule has 0 saturated heterocycles. The molecule has 0 aliphatic carbocycles. The molecule has 0 radical (unpaired) electrons. The van der Waals surface area contributed by atoms with Crippen molar-refractivity contribution < 1.29 is 14.6 Å². The van der Waals surface area contributed by atoms with Crippen molar-refractivity contribution in [3.8, 4) is 0 Å². The summed E-state index contributed by atoms with van der Waals surface area (Å²) in [7, 11) is 0. The Bertz CT molecular complexity index is 357. The summed E-state index contributed by atoms with van der Waals surface area (Å²) in [6, 6.07) is 9.45. The van der Waals surface area contributed by atoms with E-state index in [0.717, 1.165) is 5.56 Å². The van der Waals surface area contributed by atoms with Crippen molar-refractivity contribution in [3.63, 3.8) is 0 Å². The molecular formula is C14H18O3. The van der Waals surface area contributed by atoms with Crippen LogP contribution in [-0.4, -0.2) is 17.7 Å². The lowest BCUT2D eigenvalue weighted by atomic mass is 10.1. The smallest absolute Gasteiger partial charge is 0.309 e. The summed E-state index contributed by atoms with van der Waals surface area (Å²) in [5.74, 6) is -0.238. The van der Waals surface area contributed by atoms with Gasteiger partial charge in [-0.3, -0.25) is 4.79 Å². The van der Waals surface area contributed by atoms with Gasteiger partial charge in [-0.15, -0.1) is 0 Å². The SMILES string of the molecule is CCOC(=O)CC=CC[C@@H](O)c1ccccc1. The summed E-state index contributed by atoms with van der Waals surface area (Å²) < 4.78 is 4.78. The van der Waals surface area contributed by atoms with Crippen molar-refractivity contribution in [2.24, 2.45) is 0 Å². The van der Waals surface area contributed by atoms with Gasteiger partial charge in [0.25, 0.3) is 0 Å². The highest BCUT2D eigenvalue weighted by molar-refractivity contribution is 5.71. The second-order valence-corrected chi connectivity index (χ2v) is 3.64. The van der Waals surface area contributed by atoms with E-state index >= 15 is 0 Å². The van der Waals surface area contributed by atoms with E-state index in [-0.39, 0.29) is 12.4 Å². The first-order valence-corrected chi connectivity index (χ1v) is 5.77. The van der Waals surface area contributed by atoms with Crippen molar-refractivity contribution in [1.29, 1.82) is 0 Å². The molecule has 1 N–H and O–H groups in total. The predicted molar refractivity (Wildman–Crippen MR) is 66.4 cm³/mol. The van der Waals surface area contributed by atoms with Gasteiger partial charge in [-0.25, -0.2) is 0 Å². The van der Waals surface area contributed by atoms with E-state index in [1.165, 1.54) is 0 Å². The molecule has 0 spiro atoms. The number of hydrogen-bond donors (Lipinski definition) is 1. The first kappa shape index (κ1) is 13.5. The highest BCUT2D eigenvalue weighted by Gasteiger charge is 2.03. The maximum atomic E-state index is 11.0. The van der Waals surface area contributed by atoms with Crippen molar-refractivity contribution in [3.05, 3.63) is 48.0 Å². The van der Waals surface area contributed by atoms with Crippen LogP contribution in [0.4, 0.5) is 0 Å². The Balaban J connectivity index is 2.31. The Morgan fingerprint density at radius 2 is 2.06 bits per heavy atom. The summed E-state index contributed by atoms with van der Waals surface area (Å²) in [5, 5.41) is 9.82. The van der Waals surface area contributed by atoms with Crippen LogP contribution >= 0.6 is 0 Å². The summed E-state index contributed by atoms with van der Waals surface area (Å²) in [5.41, 5.74) is 0.883. The number of aliphatic hydroxyl groups is 1. The van der Waals surface area contributed by atoms with Crippen LogP contribution in [0.3, 0.4) is 0 Å². The fourth-order valence-corrected chi connectivity index (χ4v) is 1.44. The number of hydrogen-bond acceptors (Lipinski definition) is 3. The van der Waals surface area contributed by atoms with E-state index in [1.807, 2.05) is 30.3 Å². The van der Waals surface area contributed by atoms with Gasteiger partial charge in [-0.05, 0) is 18.9 Å². The molecule has 3 heteroatoms. The number of ether oxygens (including phenoxy) is 1. The summed E-state index contributed by atoms with van der Waals surface area (Å²) >= 11 is 0. The molecule has 0 saturated carbocycles. The molecule has 0 unspecified atom stereocenters. The molecule has 1 atom stereocenters. The highest BCUT2D eigenvalue weighted by Crippen LogP contribution is 2.16. The van der Waals surface area contributed by atoms with Crippen LogP contribution in [0.2, 0.25) is 0 Å².